The van der Waals surface area contributed by atoms with Crippen LogP contribution in [0.25, 0.3) is 0 Å². The summed E-state index contributed by atoms with van der Waals surface area (Å²) in [6, 6.07) is 3.50. The molecule has 0 bridgehead atoms. The molecule has 0 radical (unpaired) electrons. The first-order valence-electron chi connectivity index (χ1n) is 6.02. The molecule has 1 aromatic rings. The van der Waals surface area contributed by atoms with Gasteiger partial charge in [-0.2, -0.15) is 0 Å². The Bertz CT molecular complexity index is 607. The average molecular weight is 272 g/mol. The lowest BCUT2D eigenvalue weighted by Crippen LogP contribution is -2.32. The van der Waals surface area contributed by atoms with E-state index >= 15 is 0 Å². The summed E-state index contributed by atoms with van der Waals surface area (Å²) < 4.78 is 0. The molecule has 0 spiro atoms. The lowest BCUT2D eigenvalue weighted by Gasteiger charge is -2.22. The third kappa shape index (κ3) is 2.10. The van der Waals surface area contributed by atoms with Crippen LogP contribution < -0.4 is 0 Å². The van der Waals surface area contributed by atoms with Crippen molar-refractivity contribution in [3.63, 3.8) is 0 Å². The van der Waals surface area contributed by atoms with Crippen molar-refractivity contribution in [2.45, 2.75) is 18.7 Å². The molecule has 1 fully saturated rings. The Morgan fingerprint density at radius 2 is 2.37 bits per heavy atom. The fourth-order valence-electron chi connectivity index (χ4n) is 2.22. The molecule has 2 heterocycles. The van der Waals surface area contributed by atoms with Crippen molar-refractivity contribution in [3.8, 4) is 0 Å². The van der Waals surface area contributed by atoms with Gasteiger partial charge < -0.3 is 0 Å². The smallest absolute Gasteiger partial charge is 0.260 e. The van der Waals surface area contributed by atoms with E-state index in [-0.39, 0.29) is 17.1 Å². The van der Waals surface area contributed by atoms with Crippen LogP contribution in [0.1, 0.15) is 23.7 Å². The van der Waals surface area contributed by atoms with E-state index in [4.69, 9.17) is 0 Å². The highest BCUT2D eigenvalue weighted by molar-refractivity contribution is 8.04. The number of hydrogen-bond acceptors (Lipinski definition) is 4. The van der Waals surface area contributed by atoms with Crippen molar-refractivity contribution in [1.82, 2.24) is 9.88 Å². The van der Waals surface area contributed by atoms with Gasteiger partial charge in [-0.3, -0.25) is 19.5 Å². The van der Waals surface area contributed by atoms with Gasteiger partial charge in [-0.15, -0.1) is 0 Å². The summed E-state index contributed by atoms with van der Waals surface area (Å²) in [7, 11) is 0. The first-order valence-corrected chi connectivity index (χ1v) is 6.90. The van der Waals surface area contributed by atoms with Gasteiger partial charge in [0.2, 0.25) is 0 Å². The van der Waals surface area contributed by atoms with Crippen LogP contribution in [-0.4, -0.2) is 26.9 Å². The molecule has 3 rings (SSSR count). The summed E-state index contributed by atoms with van der Waals surface area (Å²) in [5.74, 6) is 0.0197. The number of ketones is 1. The molecule has 1 saturated heterocycles. The zero-order valence-corrected chi connectivity index (χ0v) is 11.2. The van der Waals surface area contributed by atoms with Gasteiger partial charge >= 0.3 is 0 Å². The molecule has 0 aromatic carbocycles. The van der Waals surface area contributed by atoms with Gasteiger partial charge in [-0.25, -0.2) is 0 Å². The van der Waals surface area contributed by atoms with E-state index in [9.17, 15) is 9.59 Å². The Labute approximate surface area is 115 Å². The molecular weight excluding hydrogens is 260 g/mol. The molecule has 4 nitrogen and oxygen atoms in total. The predicted molar refractivity (Wildman–Crippen MR) is 73.2 cm³/mol. The molecule has 1 amide bonds. The Hall–Kier alpha value is -1.88. The molecule has 1 unspecified atom stereocenters. The van der Waals surface area contributed by atoms with Crippen molar-refractivity contribution < 1.29 is 9.59 Å². The summed E-state index contributed by atoms with van der Waals surface area (Å²) in [5, 5.41) is -0.00361. The second-order valence-electron chi connectivity index (χ2n) is 4.40. The minimum atomic E-state index is -0.0721. The lowest BCUT2D eigenvalue weighted by molar-refractivity contribution is -0.114. The van der Waals surface area contributed by atoms with Gasteiger partial charge in [0, 0.05) is 23.7 Å². The summed E-state index contributed by atoms with van der Waals surface area (Å²) in [6.45, 7) is 1.96. The molecule has 0 saturated carbocycles. The fraction of sp³-hybridized carbons (Fsp3) is 0.214. The van der Waals surface area contributed by atoms with Crippen molar-refractivity contribution in [2.24, 2.45) is 0 Å². The highest BCUT2D eigenvalue weighted by Gasteiger charge is 2.36. The Kier molecular flexibility index (Phi) is 2.98. The van der Waals surface area contributed by atoms with E-state index in [1.807, 2.05) is 13.0 Å². The minimum absolute atomic E-state index is 0.00361. The van der Waals surface area contributed by atoms with Gasteiger partial charge in [0.1, 0.15) is 0 Å². The topological polar surface area (TPSA) is 50.3 Å². The molecule has 0 N–H and O–H groups in total. The predicted octanol–water partition coefficient (Wildman–Crippen LogP) is 2.36. The number of carbonyl (C=O) groups excluding carboxylic acids is 2. The number of amides is 1. The van der Waals surface area contributed by atoms with Crippen LogP contribution in [0.5, 0.6) is 0 Å². The largest absolute Gasteiger partial charge is 0.295 e. The van der Waals surface area contributed by atoms with Crippen LogP contribution in [0, 0.1) is 0 Å². The molecule has 19 heavy (non-hydrogen) atoms. The van der Waals surface area contributed by atoms with Gasteiger partial charge in [0.15, 0.2) is 5.78 Å². The van der Waals surface area contributed by atoms with Crippen LogP contribution in [-0.2, 0) is 4.79 Å². The van der Waals surface area contributed by atoms with Crippen molar-refractivity contribution in [2.75, 3.05) is 0 Å². The van der Waals surface area contributed by atoms with Crippen molar-refractivity contribution >= 4 is 23.5 Å². The van der Waals surface area contributed by atoms with Crippen LogP contribution in [0.2, 0.25) is 0 Å². The van der Waals surface area contributed by atoms with Crippen molar-refractivity contribution in [1.29, 1.82) is 0 Å². The first kappa shape index (κ1) is 12.2. The maximum absolute atomic E-state index is 12.5. The first-order chi connectivity index (χ1) is 9.16. The molecule has 1 aliphatic heterocycles. The second kappa shape index (κ2) is 4.66. The number of pyridine rings is 1. The fourth-order valence-corrected chi connectivity index (χ4v) is 3.41. The summed E-state index contributed by atoms with van der Waals surface area (Å²) in [6.07, 6.45) is 7.04. The summed E-state index contributed by atoms with van der Waals surface area (Å²) in [4.78, 5) is 30.5. The van der Waals surface area contributed by atoms with Gasteiger partial charge in [0.25, 0.3) is 5.91 Å². The molecular formula is C14H12N2O2S. The van der Waals surface area contributed by atoms with E-state index in [2.05, 4.69) is 4.98 Å². The van der Waals surface area contributed by atoms with E-state index in [1.165, 1.54) is 0 Å². The van der Waals surface area contributed by atoms with Crippen LogP contribution in [0.15, 0.2) is 47.3 Å². The lowest BCUT2D eigenvalue weighted by atomic mass is 10.1. The number of nitrogens with zero attached hydrogens (tertiary/aromatic N) is 2. The van der Waals surface area contributed by atoms with Crippen LogP contribution >= 0.6 is 11.8 Å². The number of carbonyl (C=O) groups is 2. The number of aromatic nitrogens is 1. The van der Waals surface area contributed by atoms with E-state index in [0.717, 1.165) is 10.6 Å². The van der Waals surface area contributed by atoms with Gasteiger partial charge in [-0.1, -0.05) is 17.8 Å². The molecule has 96 valence electrons. The SMILES string of the molecule is CC1SC2=CC(=O)CC=C2N1C(=O)c1cccnc1. The van der Waals surface area contributed by atoms with Crippen molar-refractivity contribution in [3.05, 3.63) is 52.8 Å². The highest BCUT2D eigenvalue weighted by Crippen LogP contribution is 2.43. The zero-order valence-electron chi connectivity index (χ0n) is 10.4. The Morgan fingerprint density at radius 1 is 1.53 bits per heavy atom. The number of allylic oxidation sites excluding steroid dienone is 2. The minimum Gasteiger partial charge on any atom is -0.295 e. The third-order valence-electron chi connectivity index (χ3n) is 3.09. The number of rotatable bonds is 1. The maximum Gasteiger partial charge on any atom is 0.260 e. The molecule has 1 aromatic heterocycles. The Balaban J connectivity index is 1.96. The molecule has 2 aliphatic rings. The summed E-state index contributed by atoms with van der Waals surface area (Å²) >= 11 is 1.54. The monoisotopic (exact) mass is 272 g/mol. The number of thioether (sulfide) groups is 1. The number of fused-ring (bicyclic) bond motifs is 1. The highest BCUT2D eigenvalue weighted by atomic mass is 32.2. The van der Waals surface area contributed by atoms with Gasteiger partial charge in [-0.05, 0) is 25.1 Å². The second-order valence-corrected chi connectivity index (χ2v) is 5.76. The Morgan fingerprint density at radius 3 is 3.11 bits per heavy atom. The van der Waals surface area contributed by atoms with Crippen LogP contribution in [0.3, 0.4) is 0 Å². The van der Waals surface area contributed by atoms with Crippen LogP contribution in [0.4, 0.5) is 0 Å². The average Bonchev–Trinajstić information content (AvgIpc) is 2.74. The molecule has 5 heteroatoms. The molecule has 1 aliphatic carbocycles. The van der Waals surface area contributed by atoms with E-state index < -0.39 is 0 Å². The summed E-state index contributed by atoms with van der Waals surface area (Å²) in [5.41, 5.74) is 1.42. The molecule has 1 atom stereocenters. The quantitative estimate of drug-likeness (QED) is 0.787. The third-order valence-corrected chi connectivity index (χ3v) is 4.22. The van der Waals surface area contributed by atoms with E-state index in [1.54, 1.807) is 47.3 Å². The number of hydrogen-bond donors (Lipinski definition) is 0. The van der Waals surface area contributed by atoms with E-state index in [0.29, 0.717) is 12.0 Å². The van der Waals surface area contributed by atoms with Gasteiger partial charge in [0.05, 0.1) is 16.6 Å². The standard InChI is InChI=1S/C14H12N2O2S/c1-9-16(14(18)10-3-2-6-15-8-10)12-5-4-11(17)7-13(12)19-9/h2-3,5-9H,4H2,1H3. The zero-order chi connectivity index (χ0) is 13.4. The maximum atomic E-state index is 12.5. The normalized spacial score (nSPS) is 21.8.